The van der Waals surface area contributed by atoms with Crippen LogP contribution in [0.3, 0.4) is 0 Å². The first-order chi connectivity index (χ1) is 31.7. The van der Waals surface area contributed by atoms with Crippen molar-refractivity contribution < 1.29 is 0 Å². The molecule has 300 valence electrons. The lowest BCUT2D eigenvalue weighted by Crippen LogP contribution is -2.28. The van der Waals surface area contributed by atoms with Crippen LogP contribution in [0.5, 0.6) is 0 Å². The molecule has 0 fully saturated rings. The van der Waals surface area contributed by atoms with E-state index in [9.17, 15) is 0 Å². The van der Waals surface area contributed by atoms with E-state index in [1.54, 1.807) is 0 Å². The Morgan fingerprint density at radius 2 is 0.750 bits per heavy atom. The molecule has 1 aliphatic rings. The maximum absolute atomic E-state index is 2.46. The Morgan fingerprint density at radius 3 is 1.44 bits per heavy atom. The molecule has 0 saturated heterocycles. The average molecular weight is 814 g/mol. The largest absolute Gasteiger partial charge is 0.310 e. The first kappa shape index (κ1) is 37.5. The van der Waals surface area contributed by atoms with E-state index in [2.05, 4.69) is 266 Å². The van der Waals surface area contributed by atoms with Gasteiger partial charge < -0.3 is 4.90 Å². The first-order valence-corrected chi connectivity index (χ1v) is 22.2. The number of nitrogens with zero attached hydrogens (tertiary/aromatic N) is 1. The zero-order valence-corrected chi connectivity index (χ0v) is 35.3. The number of anilines is 3. The predicted molar refractivity (Wildman–Crippen MR) is 270 cm³/mol. The van der Waals surface area contributed by atoms with Crippen molar-refractivity contribution in [2.24, 2.45) is 0 Å². The molecule has 64 heavy (non-hydrogen) atoms. The number of hydrogen-bond donors (Lipinski definition) is 0. The molecule has 0 bridgehead atoms. The minimum Gasteiger partial charge on any atom is -0.310 e. The fourth-order valence-corrected chi connectivity index (χ4v) is 10.4. The van der Waals surface area contributed by atoms with E-state index in [0.717, 1.165) is 17.1 Å². The van der Waals surface area contributed by atoms with Gasteiger partial charge in [0.05, 0.1) is 11.1 Å². The zero-order valence-electron chi connectivity index (χ0n) is 35.3. The van der Waals surface area contributed by atoms with Crippen LogP contribution in [0.2, 0.25) is 0 Å². The Morgan fingerprint density at radius 1 is 0.281 bits per heavy atom. The highest BCUT2D eigenvalue weighted by atomic mass is 15.1. The highest BCUT2D eigenvalue weighted by molar-refractivity contribution is 5.99. The van der Waals surface area contributed by atoms with Crippen LogP contribution in [0.15, 0.2) is 261 Å². The van der Waals surface area contributed by atoms with Gasteiger partial charge in [-0.3, -0.25) is 0 Å². The molecule has 1 aliphatic carbocycles. The van der Waals surface area contributed by atoms with Crippen molar-refractivity contribution in [1.29, 1.82) is 0 Å². The van der Waals surface area contributed by atoms with E-state index < -0.39 is 5.41 Å². The minimum absolute atomic E-state index is 0.502. The molecule has 12 rings (SSSR count). The van der Waals surface area contributed by atoms with Crippen LogP contribution in [0.25, 0.3) is 66.1 Å². The molecule has 0 aromatic heterocycles. The molecule has 1 heteroatoms. The quantitative estimate of drug-likeness (QED) is 0.148. The van der Waals surface area contributed by atoms with Gasteiger partial charge in [-0.25, -0.2) is 0 Å². The monoisotopic (exact) mass is 813 g/mol. The van der Waals surface area contributed by atoms with E-state index in [0.29, 0.717) is 0 Å². The molecular weight excluding hydrogens is 771 g/mol. The van der Waals surface area contributed by atoms with E-state index >= 15 is 0 Å². The van der Waals surface area contributed by atoms with Crippen molar-refractivity contribution in [3.8, 4) is 44.5 Å². The van der Waals surface area contributed by atoms with Gasteiger partial charge in [0, 0.05) is 16.9 Å². The highest BCUT2D eigenvalue weighted by Gasteiger charge is 2.47. The first-order valence-electron chi connectivity index (χ1n) is 22.2. The van der Waals surface area contributed by atoms with Crippen molar-refractivity contribution in [3.05, 3.63) is 283 Å². The smallest absolute Gasteiger partial charge is 0.0714 e. The molecule has 0 aliphatic heterocycles. The normalized spacial score (nSPS) is 12.5. The van der Waals surface area contributed by atoms with Gasteiger partial charge in [-0.05, 0) is 119 Å². The van der Waals surface area contributed by atoms with Gasteiger partial charge in [0.1, 0.15) is 0 Å². The minimum atomic E-state index is -0.502. The average Bonchev–Trinajstić information content (AvgIpc) is 3.69. The third-order valence-corrected chi connectivity index (χ3v) is 13.4. The van der Waals surface area contributed by atoms with Crippen LogP contribution in [0.1, 0.15) is 22.3 Å². The Balaban J connectivity index is 1.01. The highest BCUT2D eigenvalue weighted by Crippen LogP contribution is 2.59. The Bertz CT molecular complexity index is 3420. The van der Waals surface area contributed by atoms with Gasteiger partial charge in [0.2, 0.25) is 0 Å². The summed E-state index contributed by atoms with van der Waals surface area (Å²) in [6, 6.07) is 95.8. The van der Waals surface area contributed by atoms with E-state index in [-0.39, 0.29) is 0 Å². The zero-order chi connectivity index (χ0) is 42.5. The second-order valence-electron chi connectivity index (χ2n) is 16.8. The Hall–Kier alpha value is -8.26. The molecule has 0 unspecified atom stereocenters. The summed E-state index contributed by atoms with van der Waals surface area (Å²) in [6.45, 7) is 0. The summed E-state index contributed by atoms with van der Waals surface area (Å²) in [6.07, 6.45) is 0. The lowest BCUT2D eigenvalue weighted by Gasteiger charge is -2.34. The molecule has 11 aromatic rings. The molecule has 1 nitrogen and oxygen atoms in total. The molecule has 0 spiro atoms. The summed E-state index contributed by atoms with van der Waals surface area (Å²) in [5.74, 6) is 0. The van der Waals surface area contributed by atoms with Crippen molar-refractivity contribution >= 4 is 38.6 Å². The van der Waals surface area contributed by atoms with Crippen LogP contribution in [0, 0.1) is 0 Å². The topological polar surface area (TPSA) is 3.24 Å². The van der Waals surface area contributed by atoms with Gasteiger partial charge in [-0.2, -0.15) is 0 Å². The number of rotatable bonds is 8. The summed E-state index contributed by atoms with van der Waals surface area (Å²) in [4.78, 5) is 2.46. The van der Waals surface area contributed by atoms with Crippen LogP contribution < -0.4 is 4.90 Å². The lowest BCUT2D eigenvalue weighted by molar-refractivity contribution is 0.768. The third kappa shape index (κ3) is 6.16. The summed E-state index contributed by atoms with van der Waals surface area (Å²) in [5.41, 5.74) is 17.6. The molecule has 0 amide bonds. The molecule has 0 heterocycles. The fourth-order valence-electron chi connectivity index (χ4n) is 10.4. The molecule has 0 N–H and O–H groups in total. The Kier molecular flexibility index (Phi) is 9.13. The van der Waals surface area contributed by atoms with Crippen molar-refractivity contribution in [3.63, 3.8) is 0 Å². The summed E-state index contributed by atoms with van der Waals surface area (Å²) in [7, 11) is 0. The number of hydrogen-bond acceptors (Lipinski definition) is 1. The fraction of sp³-hybridized carbons (Fsp3) is 0.0159. The van der Waals surface area contributed by atoms with Gasteiger partial charge >= 0.3 is 0 Å². The summed E-state index contributed by atoms with van der Waals surface area (Å²) >= 11 is 0. The standard InChI is InChI=1S/C63H43N/c1-3-19-52(20-4-1)63(53-21-5-2-6-22-53)59-26-12-11-24-58(59)62-60(63)27-14-28-61(62)64(55-41-37-47(38-42-55)51-34-31-44-15-7-8-17-50(44)43-51)54-39-35-46(36-40-54)45-29-32-49(33-30-45)57-25-13-18-48-16-9-10-23-56(48)57/h1-43H. The van der Waals surface area contributed by atoms with Crippen LogP contribution >= 0.6 is 0 Å². The predicted octanol–water partition coefficient (Wildman–Crippen LogP) is 16.8. The number of fused-ring (bicyclic) bond motifs is 5. The summed E-state index contributed by atoms with van der Waals surface area (Å²) in [5, 5.41) is 5.02. The second kappa shape index (κ2) is 15.6. The SMILES string of the molecule is c1ccc(C2(c3ccccc3)c3ccccc3-c3c(N(c4ccc(-c5ccc(-c6cccc7ccccc67)cc5)cc4)c4ccc(-c5ccc6ccccc6c5)cc4)cccc32)cc1. The maximum atomic E-state index is 2.46. The Labute approximate surface area is 374 Å². The third-order valence-electron chi connectivity index (χ3n) is 13.4. The molecule has 0 saturated carbocycles. The van der Waals surface area contributed by atoms with Crippen LogP contribution in [0.4, 0.5) is 17.1 Å². The van der Waals surface area contributed by atoms with E-state index in [1.165, 1.54) is 88.3 Å². The number of benzene rings is 11. The maximum Gasteiger partial charge on any atom is 0.0714 e. The molecular formula is C63H43N. The van der Waals surface area contributed by atoms with E-state index in [4.69, 9.17) is 0 Å². The van der Waals surface area contributed by atoms with Crippen molar-refractivity contribution in [1.82, 2.24) is 0 Å². The van der Waals surface area contributed by atoms with Crippen molar-refractivity contribution in [2.45, 2.75) is 5.41 Å². The second-order valence-corrected chi connectivity index (χ2v) is 16.8. The van der Waals surface area contributed by atoms with Gasteiger partial charge in [0.15, 0.2) is 0 Å². The van der Waals surface area contributed by atoms with Crippen LogP contribution in [-0.4, -0.2) is 0 Å². The van der Waals surface area contributed by atoms with Gasteiger partial charge in [0.25, 0.3) is 0 Å². The van der Waals surface area contributed by atoms with Gasteiger partial charge in [-0.1, -0.05) is 224 Å². The van der Waals surface area contributed by atoms with Crippen LogP contribution in [-0.2, 0) is 5.41 Å². The van der Waals surface area contributed by atoms with Crippen molar-refractivity contribution in [2.75, 3.05) is 4.90 Å². The van der Waals surface area contributed by atoms with E-state index in [1.807, 2.05) is 0 Å². The summed E-state index contributed by atoms with van der Waals surface area (Å²) < 4.78 is 0. The lowest BCUT2D eigenvalue weighted by atomic mass is 9.68. The molecule has 0 radical (unpaired) electrons. The molecule has 0 atom stereocenters. The van der Waals surface area contributed by atoms with Gasteiger partial charge in [-0.15, -0.1) is 0 Å². The molecule has 11 aromatic carbocycles.